The summed E-state index contributed by atoms with van der Waals surface area (Å²) in [6.45, 7) is 4.17. The molecule has 22 heteroatoms. The molecule has 3 saturated heterocycles. The van der Waals surface area contributed by atoms with Crippen LogP contribution >= 0.6 is 11.8 Å². The number of hydrogen-bond acceptors (Lipinski definition) is 21. The van der Waals surface area contributed by atoms with Crippen LogP contribution in [0.4, 0.5) is 0 Å². The monoisotopic (exact) mass is 917 g/mol. The number of carbonyl (C=O) groups excluding carboxylic acids is 8. The topological polar surface area (TPSA) is 293 Å². The van der Waals surface area contributed by atoms with E-state index in [1.54, 1.807) is 48.5 Å². The summed E-state index contributed by atoms with van der Waals surface area (Å²) in [7, 11) is 1.13. The Morgan fingerprint density at radius 1 is 0.734 bits per heavy atom. The van der Waals surface area contributed by atoms with Gasteiger partial charge in [-0.15, -0.1) is 0 Å². The third-order valence-corrected chi connectivity index (χ3v) is 11.5. The molecule has 64 heavy (non-hydrogen) atoms. The van der Waals surface area contributed by atoms with Gasteiger partial charge in [0.1, 0.15) is 37.1 Å². The van der Waals surface area contributed by atoms with Gasteiger partial charge in [-0.05, 0) is 24.3 Å². The van der Waals surface area contributed by atoms with Crippen molar-refractivity contribution in [3.05, 3.63) is 66.2 Å². The quantitative estimate of drug-likeness (QED) is 0.163. The number of morpholine rings is 1. The summed E-state index contributed by atoms with van der Waals surface area (Å²) in [6.07, 6.45) is -13.5. The maximum absolute atomic E-state index is 14.1. The van der Waals surface area contributed by atoms with Crippen LogP contribution in [0.3, 0.4) is 0 Å². The van der Waals surface area contributed by atoms with Gasteiger partial charge >= 0.3 is 41.8 Å². The largest absolute Gasteiger partial charge is 0.466 e. The van der Waals surface area contributed by atoms with Crippen molar-refractivity contribution in [2.75, 3.05) is 20.3 Å². The van der Waals surface area contributed by atoms with Gasteiger partial charge in [-0.3, -0.25) is 28.8 Å². The first-order valence-corrected chi connectivity index (χ1v) is 20.8. The summed E-state index contributed by atoms with van der Waals surface area (Å²) in [5, 5.41) is 2.65. The highest BCUT2D eigenvalue weighted by Gasteiger charge is 2.63. The van der Waals surface area contributed by atoms with Gasteiger partial charge in [0, 0.05) is 52.5 Å². The van der Waals surface area contributed by atoms with Gasteiger partial charge in [0.15, 0.2) is 18.3 Å². The van der Waals surface area contributed by atoms with Crippen molar-refractivity contribution in [1.82, 2.24) is 5.32 Å². The lowest BCUT2D eigenvalue weighted by Gasteiger charge is -2.52. The number of nitrogens with one attached hydrogen (secondary N) is 1. The van der Waals surface area contributed by atoms with Crippen LogP contribution in [0.25, 0.3) is 0 Å². The van der Waals surface area contributed by atoms with Crippen molar-refractivity contribution in [1.29, 1.82) is 0 Å². The Hall–Kier alpha value is -5.65. The molecule has 2 aromatic rings. The van der Waals surface area contributed by atoms with E-state index in [4.69, 9.17) is 58.8 Å². The van der Waals surface area contributed by atoms with Gasteiger partial charge in [0.05, 0.1) is 31.2 Å². The number of thioether (sulfide) groups is 1. The number of rotatable bonds is 15. The van der Waals surface area contributed by atoms with Crippen LogP contribution in [0, 0.1) is 0 Å². The maximum atomic E-state index is 14.1. The molecule has 21 nitrogen and oxygen atoms in total. The summed E-state index contributed by atoms with van der Waals surface area (Å²) in [5.41, 5.74) is 13.7. The van der Waals surface area contributed by atoms with E-state index in [-0.39, 0.29) is 12.0 Å². The minimum atomic E-state index is -2.53. The smallest absolute Gasteiger partial charge is 0.349 e. The summed E-state index contributed by atoms with van der Waals surface area (Å²) in [6, 6.07) is 13.7. The number of hydrogen-bond donors (Lipinski definition) is 3. The van der Waals surface area contributed by atoms with E-state index in [1.165, 1.54) is 12.1 Å². The van der Waals surface area contributed by atoms with Crippen molar-refractivity contribution in [2.24, 2.45) is 11.5 Å². The number of amides is 1. The summed E-state index contributed by atoms with van der Waals surface area (Å²) in [4.78, 5) is 102. The van der Waals surface area contributed by atoms with E-state index < -0.39 is 139 Å². The molecule has 3 fully saturated rings. The minimum Gasteiger partial charge on any atom is -0.466 e. The number of methoxy groups -OCH3 is 1. The van der Waals surface area contributed by atoms with E-state index in [2.05, 4.69) is 5.32 Å². The number of ether oxygens (including phenoxy) is 10. The zero-order valence-electron chi connectivity index (χ0n) is 35.8. The summed E-state index contributed by atoms with van der Waals surface area (Å²) in [5.74, 6) is -9.60. The molecular formula is C42H51N3O18S. The van der Waals surface area contributed by atoms with Crippen LogP contribution in [-0.2, 0) is 80.9 Å². The number of benzene rings is 2. The van der Waals surface area contributed by atoms with Gasteiger partial charge in [0.25, 0.3) is 11.7 Å². The second kappa shape index (κ2) is 21.4. The number of nitrogens with two attached hydrogens (primary N) is 2. The maximum Gasteiger partial charge on any atom is 0.349 e. The van der Waals surface area contributed by atoms with Crippen molar-refractivity contribution in [3.8, 4) is 0 Å². The molecule has 5 N–H and O–H groups in total. The Bertz CT molecular complexity index is 2040. The van der Waals surface area contributed by atoms with Crippen LogP contribution < -0.4 is 16.8 Å². The Labute approximate surface area is 371 Å². The molecule has 1 spiro atoms. The predicted octanol–water partition coefficient (Wildman–Crippen LogP) is 0.607. The minimum absolute atomic E-state index is 0.161. The predicted molar refractivity (Wildman–Crippen MR) is 217 cm³/mol. The Morgan fingerprint density at radius 2 is 1.33 bits per heavy atom. The van der Waals surface area contributed by atoms with Crippen LogP contribution in [0.5, 0.6) is 0 Å². The SMILES string of the molecule is COC(=O)[C@@]1(Sc2ccccc2)C[C@H](OC(=O)c2ccccc2)[C@@H](N)[C@H]([C@H](OC(C)=O)[C@H]2CNC(=O)[C@]3(C[C@H](OC(C)=O)[C@@H](N)[C@H]([C@H](OC(C)=O)[C@@H](COC(C)=O)OC(C)=O)O3)O2)O1. The fourth-order valence-electron chi connectivity index (χ4n) is 7.57. The molecule has 1 amide bonds. The zero-order chi connectivity index (χ0) is 46.9. The van der Waals surface area contributed by atoms with E-state index >= 15 is 0 Å². The third-order valence-electron chi connectivity index (χ3n) is 10.2. The molecular weight excluding hydrogens is 867 g/mol. The Morgan fingerprint density at radius 3 is 1.91 bits per heavy atom. The fraction of sp³-hybridized carbons (Fsp3) is 0.524. The van der Waals surface area contributed by atoms with Crippen molar-refractivity contribution < 1.29 is 85.7 Å². The Kier molecular flexibility index (Phi) is 16.5. The third kappa shape index (κ3) is 11.9. The number of esters is 7. The molecule has 3 aliphatic heterocycles. The zero-order valence-corrected chi connectivity index (χ0v) is 36.6. The lowest BCUT2D eigenvalue weighted by Crippen LogP contribution is -2.74. The van der Waals surface area contributed by atoms with Crippen LogP contribution in [0.15, 0.2) is 65.6 Å². The molecule has 2 aromatic carbocycles. The van der Waals surface area contributed by atoms with E-state index in [0.717, 1.165) is 53.5 Å². The second-order valence-electron chi connectivity index (χ2n) is 15.1. The first-order valence-electron chi connectivity index (χ1n) is 20.0. The standard InChI is InChI=1S/C42H51N3O18S/c1-21(46)55-20-31(57-23(3)48)35(59-25(5)50)36-32(43)28(56-22(2)47)17-41(62-36)39(52)45-19-30(61-41)34(58-24(4)49)37-33(44)29(60-38(51)26-13-9-7-10-14-26)18-42(63-37,40(53)54-6)64-27-15-11-8-12-16-27/h7-16,28-37H,17-20,43-44H2,1-6H3,(H,45,52)/t28-,29-,30+,31+,32+,33+,34+,35+,36+,37+,41+,42-/m0/s1. The van der Waals surface area contributed by atoms with Gasteiger partial charge < -0.3 is 64.2 Å². The van der Waals surface area contributed by atoms with Gasteiger partial charge in [-0.1, -0.05) is 48.2 Å². The normalized spacial score (nSPS) is 29.1. The van der Waals surface area contributed by atoms with Gasteiger partial charge in [-0.2, -0.15) is 0 Å². The first kappa shape index (κ1) is 49.4. The molecule has 0 unspecified atom stereocenters. The molecule has 348 valence electrons. The molecule has 0 aromatic heterocycles. The van der Waals surface area contributed by atoms with Crippen LogP contribution in [0.1, 0.15) is 57.8 Å². The molecule has 5 rings (SSSR count). The highest BCUT2D eigenvalue weighted by atomic mass is 32.2. The van der Waals surface area contributed by atoms with Crippen molar-refractivity contribution in [3.63, 3.8) is 0 Å². The van der Waals surface area contributed by atoms with E-state index in [9.17, 15) is 38.4 Å². The molecule has 0 saturated carbocycles. The van der Waals surface area contributed by atoms with Crippen molar-refractivity contribution in [2.45, 2.75) is 124 Å². The Balaban J connectivity index is 1.61. The first-order chi connectivity index (χ1) is 30.3. The lowest BCUT2D eigenvalue weighted by atomic mass is 9.86. The average molecular weight is 918 g/mol. The van der Waals surface area contributed by atoms with E-state index in [0.29, 0.717) is 4.90 Å². The van der Waals surface area contributed by atoms with Gasteiger partial charge in [0.2, 0.25) is 4.93 Å². The number of carbonyl (C=O) groups is 8. The molecule has 3 aliphatic rings. The van der Waals surface area contributed by atoms with Crippen LogP contribution in [0.2, 0.25) is 0 Å². The fourth-order valence-corrected chi connectivity index (χ4v) is 8.82. The molecule has 0 aliphatic carbocycles. The molecule has 3 heterocycles. The van der Waals surface area contributed by atoms with Crippen LogP contribution in [-0.4, -0.2) is 140 Å². The highest BCUT2D eigenvalue weighted by Crippen LogP contribution is 2.46. The molecule has 0 bridgehead atoms. The van der Waals surface area contributed by atoms with Gasteiger partial charge in [-0.25, -0.2) is 9.59 Å². The summed E-state index contributed by atoms with van der Waals surface area (Å²) < 4.78 is 58.2. The summed E-state index contributed by atoms with van der Waals surface area (Å²) >= 11 is 0.919. The molecule has 0 radical (unpaired) electrons. The average Bonchev–Trinajstić information content (AvgIpc) is 3.24. The van der Waals surface area contributed by atoms with Crippen molar-refractivity contribution >= 4 is 59.5 Å². The second-order valence-corrected chi connectivity index (χ2v) is 16.4. The molecule has 12 atom stereocenters. The lowest BCUT2D eigenvalue weighted by molar-refractivity contribution is -0.333. The van der Waals surface area contributed by atoms with E-state index in [1.807, 2.05) is 0 Å². The highest BCUT2D eigenvalue weighted by molar-refractivity contribution is 8.01.